The molecule has 2 saturated heterocycles. The van der Waals surface area contributed by atoms with E-state index in [1.807, 2.05) is 0 Å². The first-order valence-corrected chi connectivity index (χ1v) is 7.49. The summed E-state index contributed by atoms with van der Waals surface area (Å²) in [4.78, 5) is 2.26. The topological polar surface area (TPSA) is 21.7 Å². The Balaban J connectivity index is 1.63. The van der Waals surface area contributed by atoms with Gasteiger partial charge in [-0.05, 0) is 36.6 Å². The second-order valence-electron chi connectivity index (χ2n) is 5.43. The maximum absolute atomic E-state index is 13.3. The average Bonchev–Trinajstić information content (AvgIpc) is 2.97. The van der Waals surface area contributed by atoms with Gasteiger partial charge < -0.3 is 9.47 Å². The number of rotatable bonds is 3. The third kappa shape index (κ3) is 3.31. The number of benzene rings is 1. The molecular weight excluding hydrogens is 281 g/mol. The summed E-state index contributed by atoms with van der Waals surface area (Å²) in [5, 5.41) is 0.617. The Morgan fingerprint density at radius 2 is 2.10 bits per heavy atom. The van der Waals surface area contributed by atoms with Gasteiger partial charge in [0.1, 0.15) is 5.82 Å². The van der Waals surface area contributed by atoms with E-state index in [0.29, 0.717) is 18.2 Å². The lowest BCUT2D eigenvalue weighted by Crippen LogP contribution is -2.47. The first-order valence-electron chi connectivity index (χ1n) is 7.12. The minimum atomic E-state index is -0.242. The Kier molecular flexibility index (Phi) is 4.56. The monoisotopic (exact) mass is 299 g/mol. The van der Waals surface area contributed by atoms with Gasteiger partial charge in [-0.25, -0.2) is 4.39 Å². The molecule has 110 valence electrons. The zero-order valence-corrected chi connectivity index (χ0v) is 12.1. The van der Waals surface area contributed by atoms with Gasteiger partial charge in [-0.15, -0.1) is 0 Å². The van der Waals surface area contributed by atoms with E-state index in [1.54, 1.807) is 6.07 Å². The lowest BCUT2D eigenvalue weighted by Gasteiger charge is -2.35. The van der Waals surface area contributed by atoms with Crippen LogP contribution in [0.15, 0.2) is 18.2 Å². The van der Waals surface area contributed by atoms with E-state index >= 15 is 0 Å². The number of ether oxygens (including phenoxy) is 2. The molecule has 5 heteroatoms. The molecule has 3 nitrogen and oxygen atoms in total. The van der Waals surface area contributed by atoms with Crippen LogP contribution in [0.4, 0.5) is 4.39 Å². The third-order valence-electron chi connectivity index (χ3n) is 3.96. The molecule has 0 spiro atoms. The molecule has 2 heterocycles. The van der Waals surface area contributed by atoms with Crippen LogP contribution < -0.4 is 0 Å². The molecule has 0 N–H and O–H groups in total. The van der Waals surface area contributed by atoms with Crippen molar-refractivity contribution in [3.05, 3.63) is 34.6 Å². The highest BCUT2D eigenvalue weighted by molar-refractivity contribution is 6.31. The second kappa shape index (κ2) is 6.39. The second-order valence-corrected chi connectivity index (χ2v) is 5.84. The van der Waals surface area contributed by atoms with Crippen LogP contribution in [0.1, 0.15) is 18.4 Å². The first kappa shape index (κ1) is 14.3. The van der Waals surface area contributed by atoms with Crippen molar-refractivity contribution in [2.45, 2.75) is 31.6 Å². The van der Waals surface area contributed by atoms with E-state index in [1.165, 1.54) is 12.1 Å². The average molecular weight is 300 g/mol. The van der Waals surface area contributed by atoms with Gasteiger partial charge in [0.2, 0.25) is 0 Å². The predicted molar refractivity (Wildman–Crippen MR) is 75.4 cm³/mol. The van der Waals surface area contributed by atoms with Crippen LogP contribution in [0.25, 0.3) is 0 Å². The van der Waals surface area contributed by atoms with E-state index in [4.69, 9.17) is 21.1 Å². The Hall–Kier alpha value is -0.680. The lowest BCUT2D eigenvalue weighted by molar-refractivity contribution is -0.0960. The highest BCUT2D eigenvalue weighted by Crippen LogP contribution is 2.24. The summed E-state index contributed by atoms with van der Waals surface area (Å²) in [6.45, 7) is 3.84. The first-order chi connectivity index (χ1) is 9.72. The molecule has 2 aliphatic heterocycles. The Labute approximate surface area is 123 Å². The zero-order chi connectivity index (χ0) is 13.9. The number of morpholine rings is 1. The molecule has 1 aromatic carbocycles. The van der Waals surface area contributed by atoms with Crippen molar-refractivity contribution in [1.29, 1.82) is 0 Å². The van der Waals surface area contributed by atoms with Crippen LogP contribution in [-0.4, -0.2) is 43.4 Å². The molecule has 2 fully saturated rings. The minimum Gasteiger partial charge on any atom is -0.375 e. The zero-order valence-electron chi connectivity index (χ0n) is 11.4. The van der Waals surface area contributed by atoms with Crippen LogP contribution in [0.3, 0.4) is 0 Å². The molecule has 1 aromatic rings. The highest BCUT2D eigenvalue weighted by Gasteiger charge is 2.31. The summed E-state index contributed by atoms with van der Waals surface area (Å²) >= 11 is 6.13. The molecule has 2 atom stereocenters. The van der Waals surface area contributed by atoms with Crippen molar-refractivity contribution < 1.29 is 13.9 Å². The summed E-state index contributed by atoms with van der Waals surface area (Å²) < 4.78 is 24.8. The molecule has 0 bridgehead atoms. The number of nitrogens with zero attached hydrogens (tertiary/aromatic N) is 1. The predicted octanol–water partition coefficient (Wildman–Crippen LogP) is 2.86. The lowest BCUT2D eigenvalue weighted by atomic mass is 10.1. The maximum Gasteiger partial charge on any atom is 0.123 e. The summed E-state index contributed by atoms with van der Waals surface area (Å²) in [5.41, 5.74) is 0.833. The van der Waals surface area contributed by atoms with E-state index < -0.39 is 0 Å². The van der Waals surface area contributed by atoms with Crippen molar-refractivity contribution >= 4 is 11.6 Å². The van der Waals surface area contributed by atoms with E-state index in [-0.39, 0.29) is 18.0 Å². The molecule has 0 saturated carbocycles. The molecule has 2 aliphatic rings. The molecule has 0 aliphatic carbocycles. The SMILES string of the molecule is Fc1ccc(Cl)c(CN2CCOC(C3CCCO3)C2)c1. The summed E-state index contributed by atoms with van der Waals surface area (Å²) in [7, 11) is 0. The quantitative estimate of drug-likeness (QED) is 0.857. The number of hydrogen-bond donors (Lipinski definition) is 0. The Morgan fingerprint density at radius 3 is 2.90 bits per heavy atom. The minimum absolute atomic E-state index is 0.124. The molecule has 20 heavy (non-hydrogen) atoms. The fourth-order valence-electron chi connectivity index (χ4n) is 2.90. The van der Waals surface area contributed by atoms with Crippen molar-refractivity contribution in [3.8, 4) is 0 Å². The smallest absolute Gasteiger partial charge is 0.123 e. The van der Waals surface area contributed by atoms with Crippen LogP contribution in [0, 0.1) is 5.82 Å². The van der Waals surface area contributed by atoms with E-state index in [2.05, 4.69) is 4.90 Å². The van der Waals surface area contributed by atoms with Gasteiger partial charge in [0.05, 0.1) is 18.8 Å². The normalized spacial score (nSPS) is 27.9. The van der Waals surface area contributed by atoms with Crippen molar-refractivity contribution in [2.24, 2.45) is 0 Å². The molecule has 3 rings (SSSR count). The third-order valence-corrected chi connectivity index (χ3v) is 4.33. The van der Waals surface area contributed by atoms with Gasteiger partial charge >= 0.3 is 0 Å². The highest BCUT2D eigenvalue weighted by atomic mass is 35.5. The van der Waals surface area contributed by atoms with Crippen LogP contribution in [-0.2, 0) is 16.0 Å². The Morgan fingerprint density at radius 1 is 1.25 bits per heavy atom. The van der Waals surface area contributed by atoms with Gasteiger partial charge in [-0.2, -0.15) is 0 Å². The van der Waals surface area contributed by atoms with Gasteiger partial charge in [0, 0.05) is 31.3 Å². The standard InChI is InChI=1S/C15H19ClFNO2/c16-13-4-3-12(17)8-11(13)9-18-5-7-20-15(10-18)14-2-1-6-19-14/h3-4,8,14-15H,1-2,5-7,9-10H2. The van der Waals surface area contributed by atoms with Crippen molar-refractivity contribution in [2.75, 3.05) is 26.3 Å². The van der Waals surface area contributed by atoms with E-state index in [9.17, 15) is 4.39 Å². The van der Waals surface area contributed by atoms with Crippen LogP contribution in [0.2, 0.25) is 5.02 Å². The van der Waals surface area contributed by atoms with Gasteiger partial charge in [0.15, 0.2) is 0 Å². The summed E-state index contributed by atoms with van der Waals surface area (Å²) in [6, 6.07) is 4.52. The Bertz CT molecular complexity index is 465. The van der Waals surface area contributed by atoms with Crippen LogP contribution >= 0.6 is 11.6 Å². The summed E-state index contributed by atoms with van der Waals surface area (Å²) in [5.74, 6) is -0.242. The van der Waals surface area contributed by atoms with Gasteiger partial charge in [0.25, 0.3) is 0 Å². The molecular formula is C15H19ClFNO2. The van der Waals surface area contributed by atoms with Crippen LogP contribution in [0.5, 0.6) is 0 Å². The fourth-order valence-corrected chi connectivity index (χ4v) is 3.08. The molecule has 0 aromatic heterocycles. The summed E-state index contributed by atoms with van der Waals surface area (Å²) in [6.07, 6.45) is 2.51. The van der Waals surface area contributed by atoms with Gasteiger partial charge in [-0.1, -0.05) is 11.6 Å². The van der Waals surface area contributed by atoms with Crippen molar-refractivity contribution in [3.63, 3.8) is 0 Å². The number of hydrogen-bond acceptors (Lipinski definition) is 3. The molecule has 2 unspecified atom stereocenters. The fraction of sp³-hybridized carbons (Fsp3) is 0.600. The molecule has 0 amide bonds. The number of halogens is 2. The molecule has 0 radical (unpaired) electrons. The maximum atomic E-state index is 13.3. The van der Waals surface area contributed by atoms with Crippen molar-refractivity contribution in [1.82, 2.24) is 4.90 Å². The van der Waals surface area contributed by atoms with E-state index in [0.717, 1.165) is 38.1 Å². The van der Waals surface area contributed by atoms with Gasteiger partial charge in [-0.3, -0.25) is 4.90 Å². The largest absolute Gasteiger partial charge is 0.375 e.